The molecule has 6 nitrogen and oxygen atoms in total. The smallest absolute Gasteiger partial charge is 0.220 e. The molecule has 0 aromatic heterocycles. The number of sulfonamides is 1. The van der Waals surface area contributed by atoms with Crippen LogP contribution in [0.15, 0.2) is 24.3 Å². The number of nitrogens with zero attached hydrogens (tertiary/aromatic N) is 2. The lowest BCUT2D eigenvalue weighted by molar-refractivity contribution is -0.121. The third kappa shape index (κ3) is 5.97. The lowest BCUT2D eigenvalue weighted by Crippen LogP contribution is -2.50. The summed E-state index contributed by atoms with van der Waals surface area (Å²) in [6.07, 6.45) is 0.399. The topological polar surface area (TPSA) is 69.7 Å². The predicted molar refractivity (Wildman–Crippen MR) is 96.4 cm³/mol. The van der Waals surface area contributed by atoms with E-state index < -0.39 is 10.0 Å². The second-order valence-corrected chi connectivity index (χ2v) is 8.71. The number of hydrogen-bond donors (Lipinski definition) is 1. The van der Waals surface area contributed by atoms with Gasteiger partial charge in [-0.25, -0.2) is 12.8 Å². The number of anilines is 1. The van der Waals surface area contributed by atoms with Gasteiger partial charge in [-0.2, -0.15) is 4.31 Å². The zero-order valence-electron chi connectivity index (χ0n) is 14.7. The van der Waals surface area contributed by atoms with Crippen molar-refractivity contribution in [1.82, 2.24) is 9.62 Å². The number of carbonyl (C=O) groups is 1. The number of hydrogen-bond acceptors (Lipinski definition) is 4. The first-order valence-electron chi connectivity index (χ1n) is 8.53. The molecule has 0 aliphatic carbocycles. The van der Waals surface area contributed by atoms with Crippen LogP contribution in [0.3, 0.4) is 0 Å². The Morgan fingerprint density at radius 1 is 1.16 bits per heavy atom. The van der Waals surface area contributed by atoms with E-state index >= 15 is 0 Å². The van der Waals surface area contributed by atoms with Gasteiger partial charge in [0.15, 0.2) is 0 Å². The number of halogens is 1. The Bertz CT molecular complexity index is 669. The highest BCUT2D eigenvalue weighted by molar-refractivity contribution is 7.89. The Morgan fingerprint density at radius 3 is 2.32 bits per heavy atom. The Kier molecular flexibility index (Phi) is 6.78. The molecule has 0 radical (unpaired) electrons. The average Bonchev–Trinajstić information content (AvgIpc) is 2.55. The fourth-order valence-corrected chi connectivity index (χ4v) is 4.11. The fourth-order valence-electron chi connectivity index (χ4n) is 2.77. The molecule has 1 aromatic carbocycles. The van der Waals surface area contributed by atoms with E-state index in [4.69, 9.17) is 0 Å². The summed E-state index contributed by atoms with van der Waals surface area (Å²) in [6, 6.07) is 6.20. The molecule has 1 saturated heterocycles. The van der Waals surface area contributed by atoms with Gasteiger partial charge in [-0.05, 0) is 30.2 Å². The summed E-state index contributed by atoms with van der Waals surface area (Å²) in [5, 5.41) is 2.66. The van der Waals surface area contributed by atoms with E-state index in [0.29, 0.717) is 32.6 Å². The van der Waals surface area contributed by atoms with Gasteiger partial charge in [-0.3, -0.25) is 4.79 Å². The van der Waals surface area contributed by atoms with Gasteiger partial charge in [0.1, 0.15) is 5.82 Å². The average molecular weight is 371 g/mol. The minimum absolute atomic E-state index is 0.0899. The minimum Gasteiger partial charge on any atom is -0.369 e. The molecule has 25 heavy (non-hydrogen) atoms. The normalized spacial score (nSPS) is 16.2. The van der Waals surface area contributed by atoms with E-state index in [1.165, 1.54) is 16.4 Å². The largest absolute Gasteiger partial charge is 0.369 e. The van der Waals surface area contributed by atoms with Crippen molar-refractivity contribution in [3.8, 4) is 0 Å². The molecule has 1 amide bonds. The molecule has 1 aliphatic heterocycles. The molecule has 1 aliphatic rings. The lowest BCUT2D eigenvalue weighted by Gasteiger charge is -2.35. The highest BCUT2D eigenvalue weighted by Gasteiger charge is 2.26. The van der Waals surface area contributed by atoms with E-state index in [1.807, 2.05) is 18.7 Å². The summed E-state index contributed by atoms with van der Waals surface area (Å²) in [6.45, 7) is 5.91. The highest BCUT2D eigenvalue weighted by Crippen LogP contribution is 2.18. The zero-order chi connectivity index (χ0) is 18.4. The van der Waals surface area contributed by atoms with E-state index in [2.05, 4.69) is 5.32 Å². The van der Waals surface area contributed by atoms with E-state index in [-0.39, 0.29) is 29.9 Å². The molecule has 0 unspecified atom stereocenters. The third-order valence-corrected chi connectivity index (χ3v) is 5.97. The fraction of sp³-hybridized carbons (Fsp3) is 0.588. The number of nitrogens with one attached hydrogen (secondary N) is 1. The van der Waals surface area contributed by atoms with Crippen LogP contribution in [0.1, 0.15) is 20.3 Å². The van der Waals surface area contributed by atoms with Crippen LogP contribution in [0.2, 0.25) is 0 Å². The molecule has 8 heteroatoms. The number of piperazine rings is 1. The summed E-state index contributed by atoms with van der Waals surface area (Å²) in [5.74, 6) is -0.250. The molecule has 0 atom stereocenters. The van der Waals surface area contributed by atoms with E-state index in [9.17, 15) is 17.6 Å². The predicted octanol–water partition coefficient (Wildman–Crippen LogP) is 1.44. The van der Waals surface area contributed by atoms with Crippen LogP contribution >= 0.6 is 0 Å². The van der Waals surface area contributed by atoms with Crippen molar-refractivity contribution in [3.63, 3.8) is 0 Å². The van der Waals surface area contributed by atoms with Crippen LogP contribution in [0.25, 0.3) is 0 Å². The van der Waals surface area contributed by atoms with Crippen molar-refractivity contribution in [2.24, 2.45) is 5.92 Å². The van der Waals surface area contributed by atoms with Gasteiger partial charge >= 0.3 is 0 Å². The van der Waals surface area contributed by atoms with Crippen molar-refractivity contribution in [1.29, 1.82) is 0 Å². The summed E-state index contributed by atoms with van der Waals surface area (Å²) >= 11 is 0. The van der Waals surface area contributed by atoms with Gasteiger partial charge in [-0.15, -0.1) is 0 Å². The molecule has 0 spiro atoms. The Morgan fingerprint density at radius 2 is 1.76 bits per heavy atom. The molecule has 1 N–H and O–H groups in total. The number of carbonyl (C=O) groups excluding carboxylic acids is 1. The molecular weight excluding hydrogens is 345 g/mol. The van der Waals surface area contributed by atoms with E-state index in [0.717, 1.165) is 5.69 Å². The van der Waals surface area contributed by atoms with Gasteiger partial charge in [0.05, 0.1) is 5.75 Å². The van der Waals surface area contributed by atoms with Gasteiger partial charge in [0.25, 0.3) is 0 Å². The monoisotopic (exact) mass is 371 g/mol. The van der Waals surface area contributed by atoms with Crippen molar-refractivity contribution >= 4 is 21.6 Å². The van der Waals surface area contributed by atoms with Crippen molar-refractivity contribution in [2.45, 2.75) is 20.3 Å². The Hall–Kier alpha value is -1.67. The molecule has 1 fully saturated rings. The summed E-state index contributed by atoms with van der Waals surface area (Å²) in [5.41, 5.74) is 0.888. The maximum absolute atomic E-state index is 13.0. The standard InChI is InChI=1S/C17H26FN3O3S/c1-14(2)13-17(22)19-7-12-25(23,24)21-10-8-20(9-11-21)16-5-3-15(18)4-6-16/h3-6,14H,7-13H2,1-2H3,(H,19,22). The van der Waals surface area contributed by atoms with Gasteiger partial charge in [-0.1, -0.05) is 13.8 Å². The second kappa shape index (κ2) is 8.62. The van der Waals surface area contributed by atoms with Crippen LogP contribution in [0.4, 0.5) is 10.1 Å². The lowest BCUT2D eigenvalue weighted by atomic mass is 10.1. The molecular formula is C17H26FN3O3S. The quantitative estimate of drug-likeness (QED) is 0.787. The van der Waals surface area contributed by atoms with Crippen LogP contribution in [-0.4, -0.2) is 57.1 Å². The number of benzene rings is 1. The van der Waals surface area contributed by atoms with Crippen molar-refractivity contribution in [2.75, 3.05) is 43.4 Å². The van der Waals surface area contributed by atoms with Gasteiger partial charge in [0.2, 0.25) is 15.9 Å². The third-order valence-electron chi connectivity index (χ3n) is 4.10. The molecule has 0 saturated carbocycles. The maximum atomic E-state index is 13.0. The molecule has 1 aromatic rings. The Balaban J connectivity index is 1.80. The second-order valence-electron chi connectivity index (χ2n) is 6.63. The summed E-state index contributed by atoms with van der Waals surface area (Å²) in [7, 11) is -3.39. The van der Waals surface area contributed by atoms with E-state index in [1.54, 1.807) is 12.1 Å². The van der Waals surface area contributed by atoms with Crippen molar-refractivity contribution in [3.05, 3.63) is 30.1 Å². The highest BCUT2D eigenvalue weighted by atomic mass is 32.2. The summed E-state index contributed by atoms with van der Waals surface area (Å²) in [4.78, 5) is 13.6. The van der Waals surface area contributed by atoms with Crippen molar-refractivity contribution < 1.29 is 17.6 Å². The number of rotatable bonds is 7. The summed E-state index contributed by atoms with van der Waals surface area (Å²) < 4.78 is 39.2. The van der Waals surface area contributed by atoms with Crippen LogP contribution in [0.5, 0.6) is 0 Å². The first-order valence-corrected chi connectivity index (χ1v) is 10.1. The first-order chi connectivity index (χ1) is 11.8. The maximum Gasteiger partial charge on any atom is 0.220 e. The first kappa shape index (κ1) is 19.7. The molecule has 2 rings (SSSR count). The molecule has 1 heterocycles. The van der Waals surface area contributed by atoms with Crippen LogP contribution in [-0.2, 0) is 14.8 Å². The SMILES string of the molecule is CC(C)CC(=O)NCCS(=O)(=O)N1CCN(c2ccc(F)cc2)CC1. The van der Waals surface area contributed by atoms with Gasteiger partial charge in [0, 0.05) is 44.8 Å². The number of amides is 1. The minimum atomic E-state index is -3.39. The molecule has 140 valence electrons. The zero-order valence-corrected chi connectivity index (χ0v) is 15.6. The van der Waals surface area contributed by atoms with Crippen LogP contribution < -0.4 is 10.2 Å². The van der Waals surface area contributed by atoms with Crippen LogP contribution in [0, 0.1) is 11.7 Å². The Labute approximate surface area is 149 Å². The molecule has 0 bridgehead atoms. The van der Waals surface area contributed by atoms with Gasteiger partial charge < -0.3 is 10.2 Å².